The Kier molecular flexibility index (Phi) is 4.17. The van der Waals surface area contributed by atoms with Crippen LogP contribution in [0.25, 0.3) is 0 Å². The number of nitrogens with zero attached hydrogens (tertiary/aromatic N) is 1. The summed E-state index contributed by atoms with van der Waals surface area (Å²) in [4.78, 5) is 0. The Morgan fingerprint density at radius 3 is 2.70 bits per heavy atom. The molecular weight excluding hydrogens is 287 g/mol. The Labute approximate surface area is 121 Å². The number of halogens is 3. The average molecular weight is 307 g/mol. The van der Waals surface area contributed by atoms with Crippen LogP contribution < -0.4 is 0 Å². The number of rotatable bonds is 3. The first-order valence-corrected chi connectivity index (χ1v) is 7.65. The van der Waals surface area contributed by atoms with E-state index in [1.54, 1.807) is 0 Å². The Bertz CT molecular complexity index is 493. The summed E-state index contributed by atoms with van der Waals surface area (Å²) >= 11 is 0.00853. The number of hydrogen-bond donors (Lipinski definition) is 1. The van der Waals surface area contributed by atoms with E-state index in [0.29, 0.717) is 13.0 Å². The maximum absolute atomic E-state index is 12.2. The molecule has 0 fully saturated rings. The maximum Gasteiger partial charge on any atom is 0.441 e. The van der Waals surface area contributed by atoms with Crippen LogP contribution in [0.5, 0.6) is 0 Å². The maximum atomic E-state index is 12.2. The van der Waals surface area contributed by atoms with Gasteiger partial charge in [-0.05, 0) is 43.0 Å². The van der Waals surface area contributed by atoms with E-state index in [2.05, 4.69) is 13.8 Å². The third-order valence-corrected chi connectivity index (χ3v) is 4.49. The van der Waals surface area contributed by atoms with Crippen LogP contribution >= 0.6 is 11.8 Å². The fourth-order valence-corrected chi connectivity index (χ4v) is 3.47. The summed E-state index contributed by atoms with van der Waals surface area (Å²) in [7, 11) is 0. The van der Waals surface area contributed by atoms with Gasteiger partial charge in [0.25, 0.3) is 0 Å². The van der Waals surface area contributed by atoms with E-state index >= 15 is 0 Å². The van der Waals surface area contributed by atoms with Crippen LogP contribution in [0, 0.1) is 12.3 Å². The molecule has 0 amide bonds. The van der Waals surface area contributed by atoms with E-state index in [4.69, 9.17) is 0 Å². The van der Waals surface area contributed by atoms with Gasteiger partial charge in [-0.1, -0.05) is 13.8 Å². The largest absolute Gasteiger partial charge is 0.441 e. The van der Waals surface area contributed by atoms with E-state index in [1.807, 2.05) is 17.6 Å². The van der Waals surface area contributed by atoms with E-state index in [0.717, 1.165) is 23.4 Å². The molecule has 0 aliphatic heterocycles. The van der Waals surface area contributed by atoms with Crippen LogP contribution in [-0.4, -0.2) is 20.9 Å². The van der Waals surface area contributed by atoms with Crippen molar-refractivity contribution in [1.29, 1.82) is 0 Å². The normalized spacial score (nSPS) is 21.9. The minimum Gasteiger partial charge on any atom is -0.388 e. The number of alkyl halides is 3. The predicted octanol–water partition coefficient (Wildman–Crippen LogP) is 4.06. The second-order valence-electron chi connectivity index (χ2n) is 6.19. The van der Waals surface area contributed by atoms with Crippen LogP contribution in [0.4, 0.5) is 13.2 Å². The van der Waals surface area contributed by atoms with Gasteiger partial charge in [-0.3, -0.25) is 0 Å². The number of thioether (sulfide) groups is 1. The number of fused-ring (bicyclic) bond motifs is 1. The minimum atomic E-state index is -4.18. The van der Waals surface area contributed by atoms with Crippen LogP contribution in [-0.2, 0) is 13.0 Å². The zero-order chi connectivity index (χ0) is 15.1. The number of aryl methyl sites for hydroxylation is 1. The molecule has 0 bridgehead atoms. The monoisotopic (exact) mass is 307 g/mol. The molecule has 0 saturated heterocycles. The van der Waals surface area contributed by atoms with Gasteiger partial charge >= 0.3 is 5.51 Å². The topological polar surface area (TPSA) is 25.2 Å². The number of aliphatic hydroxyl groups is 1. The smallest absolute Gasteiger partial charge is 0.388 e. The average Bonchev–Trinajstić information content (AvgIpc) is 2.54. The molecule has 1 unspecified atom stereocenters. The SMILES string of the molecule is Cc1cc2c(n1CCSC(F)(F)F)CC(C)(C)CC2O. The van der Waals surface area contributed by atoms with Crippen molar-refractivity contribution in [2.75, 3.05) is 5.75 Å². The summed E-state index contributed by atoms with van der Waals surface area (Å²) in [5, 5.41) is 10.2. The molecule has 1 aromatic heterocycles. The number of aromatic nitrogens is 1. The van der Waals surface area contributed by atoms with E-state index < -0.39 is 11.6 Å². The number of aliphatic hydroxyl groups excluding tert-OH is 1. The summed E-state index contributed by atoms with van der Waals surface area (Å²) in [6.07, 6.45) is 0.981. The van der Waals surface area contributed by atoms with Crippen molar-refractivity contribution in [3.05, 3.63) is 23.0 Å². The second-order valence-corrected chi connectivity index (χ2v) is 7.35. The lowest BCUT2D eigenvalue weighted by Crippen LogP contribution is -2.27. The lowest BCUT2D eigenvalue weighted by molar-refractivity contribution is -0.0328. The molecule has 2 rings (SSSR count). The molecule has 1 aromatic rings. The second kappa shape index (κ2) is 5.30. The molecule has 0 spiro atoms. The van der Waals surface area contributed by atoms with E-state index in [9.17, 15) is 18.3 Å². The van der Waals surface area contributed by atoms with Gasteiger partial charge in [-0.15, -0.1) is 0 Å². The molecule has 2 nitrogen and oxygen atoms in total. The zero-order valence-electron chi connectivity index (χ0n) is 11.9. The van der Waals surface area contributed by atoms with Crippen molar-refractivity contribution in [3.63, 3.8) is 0 Å². The first-order chi connectivity index (χ1) is 9.09. The quantitative estimate of drug-likeness (QED) is 0.911. The van der Waals surface area contributed by atoms with Crippen molar-refractivity contribution in [3.8, 4) is 0 Å². The highest BCUT2D eigenvalue weighted by Gasteiger charge is 2.34. The summed E-state index contributed by atoms with van der Waals surface area (Å²) in [6.45, 7) is 6.37. The Morgan fingerprint density at radius 2 is 2.10 bits per heavy atom. The molecule has 0 radical (unpaired) electrons. The van der Waals surface area contributed by atoms with Gasteiger partial charge in [-0.2, -0.15) is 13.2 Å². The van der Waals surface area contributed by atoms with Gasteiger partial charge in [-0.25, -0.2) is 0 Å². The standard InChI is InChI=1S/C14H20F3NOS/c1-9-6-10-11(7-13(2,3)8-12(10)19)18(9)4-5-20-14(15,16)17/h6,12,19H,4-5,7-8H2,1-3H3. The lowest BCUT2D eigenvalue weighted by Gasteiger charge is -2.34. The summed E-state index contributed by atoms with van der Waals surface area (Å²) < 4.78 is 38.6. The molecule has 1 atom stereocenters. The third-order valence-electron chi connectivity index (χ3n) is 3.78. The van der Waals surface area contributed by atoms with Gasteiger partial charge < -0.3 is 9.67 Å². The van der Waals surface area contributed by atoms with Crippen molar-refractivity contribution < 1.29 is 18.3 Å². The fourth-order valence-electron chi connectivity index (χ4n) is 2.96. The first-order valence-electron chi connectivity index (χ1n) is 6.67. The van der Waals surface area contributed by atoms with Crippen LogP contribution in [0.15, 0.2) is 6.07 Å². The highest BCUT2D eigenvalue weighted by atomic mass is 32.2. The Hall–Kier alpha value is -0.620. The van der Waals surface area contributed by atoms with Gasteiger partial charge in [0.2, 0.25) is 0 Å². The van der Waals surface area contributed by atoms with Gasteiger partial charge in [0, 0.05) is 29.2 Å². The molecule has 114 valence electrons. The summed E-state index contributed by atoms with van der Waals surface area (Å²) in [6, 6.07) is 1.91. The molecule has 1 aliphatic carbocycles. The van der Waals surface area contributed by atoms with Crippen LogP contribution in [0.1, 0.15) is 43.3 Å². The predicted molar refractivity (Wildman–Crippen MR) is 74.7 cm³/mol. The Morgan fingerprint density at radius 1 is 1.45 bits per heavy atom. The highest BCUT2D eigenvalue weighted by molar-refractivity contribution is 8.00. The molecule has 6 heteroatoms. The molecule has 1 heterocycles. The fraction of sp³-hybridized carbons (Fsp3) is 0.714. The minimum absolute atomic E-state index is 0.00197. The van der Waals surface area contributed by atoms with Crippen molar-refractivity contribution in [1.82, 2.24) is 4.57 Å². The summed E-state index contributed by atoms with van der Waals surface area (Å²) in [5.74, 6) is 0.00197. The zero-order valence-corrected chi connectivity index (χ0v) is 12.7. The molecular formula is C14H20F3NOS. The summed E-state index contributed by atoms with van der Waals surface area (Å²) in [5.41, 5.74) is -1.39. The Balaban J connectivity index is 2.19. The first kappa shape index (κ1) is 15.8. The van der Waals surface area contributed by atoms with Crippen LogP contribution in [0.3, 0.4) is 0 Å². The highest BCUT2D eigenvalue weighted by Crippen LogP contribution is 2.42. The van der Waals surface area contributed by atoms with Gasteiger partial charge in [0.15, 0.2) is 0 Å². The number of hydrogen-bond acceptors (Lipinski definition) is 2. The molecule has 0 aromatic carbocycles. The van der Waals surface area contributed by atoms with Crippen LogP contribution in [0.2, 0.25) is 0 Å². The third kappa shape index (κ3) is 3.52. The molecule has 0 saturated carbocycles. The van der Waals surface area contributed by atoms with Crippen molar-refractivity contribution in [2.45, 2.75) is 51.8 Å². The molecule has 1 N–H and O–H groups in total. The van der Waals surface area contributed by atoms with Crippen molar-refractivity contribution >= 4 is 11.8 Å². The lowest BCUT2D eigenvalue weighted by atomic mass is 9.75. The van der Waals surface area contributed by atoms with Gasteiger partial charge in [0.05, 0.1) is 6.10 Å². The van der Waals surface area contributed by atoms with E-state index in [1.165, 1.54) is 0 Å². The van der Waals surface area contributed by atoms with E-state index in [-0.39, 0.29) is 22.9 Å². The molecule has 1 aliphatic rings. The van der Waals surface area contributed by atoms with Crippen molar-refractivity contribution in [2.24, 2.45) is 5.41 Å². The molecule has 20 heavy (non-hydrogen) atoms. The van der Waals surface area contributed by atoms with Gasteiger partial charge in [0.1, 0.15) is 0 Å².